The molecule has 0 aromatic heterocycles. The van der Waals surface area contributed by atoms with E-state index < -0.39 is 17.1 Å². The number of thiol groups is 1. The molecule has 0 aromatic carbocycles. The number of nitrogens with one attached hydrogen (secondary N) is 1. The Kier molecular flexibility index (Phi) is 3.47. The summed E-state index contributed by atoms with van der Waals surface area (Å²) in [7, 11) is 0. The first-order valence-corrected chi connectivity index (χ1v) is 5.42. The van der Waals surface area contributed by atoms with Gasteiger partial charge in [0.05, 0.1) is 0 Å². The summed E-state index contributed by atoms with van der Waals surface area (Å²) in [5, 5.41) is 7.64. The van der Waals surface area contributed by atoms with Gasteiger partial charge >= 0.3 is 12.1 Å². The second-order valence-electron chi connectivity index (χ2n) is 3.88. The number of carbonyl (C=O) groups excluding carboxylic acids is 2. The molecule has 0 radical (unpaired) electrons. The van der Waals surface area contributed by atoms with Crippen LogP contribution in [0.5, 0.6) is 0 Å². The fourth-order valence-corrected chi connectivity index (χ4v) is 1.66. The number of amides is 4. The van der Waals surface area contributed by atoms with Gasteiger partial charge in [0, 0.05) is 12.3 Å². The number of carbonyl (C=O) groups is 2. The maximum absolute atomic E-state index is 12.0. The van der Waals surface area contributed by atoms with E-state index in [4.69, 9.17) is 0 Å². The van der Waals surface area contributed by atoms with Crippen LogP contribution in [0.4, 0.5) is 9.59 Å². The number of nitrogens with zero attached hydrogens (tertiary/aromatic N) is 3. The summed E-state index contributed by atoms with van der Waals surface area (Å²) in [4.78, 5) is 23.7. The molecule has 1 rings (SSSR count). The maximum Gasteiger partial charge on any atom is 0.351 e. The molecule has 1 heterocycles. The van der Waals surface area contributed by atoms with Gasteiger partial charge in [-0.2, -0.15) is 10.1 Å². The molecule has 0 aliphatic carbocycles. The van der Waals surface area contributed by atoms with Crippen LogP contribution in [0.1, 0.15) is 27.7 Å². The summed E-state index contributed by atoms with van der Waals surface area (Å²) >= 11 is 4.21. The molecule has 1 fully saturated rings. The van der Waals surface area contributed by atoms with Crippen molar-refractivity contribution in [2.24, 2.45) is 5.10 Å². The van der Waals surface area contributed by atoms with E-state index in [1.807, 2.05) is 0 Å². The maximum atomic E-state index is 12.0. The van der Waals surface area contributed by atoms with Crippen molar-refractivity contribution in [1.82, 2.24) is 15.2 Å². The molecule has 16 heavy (non-hydrogen) atoms. The van der Waals surface area contributed by atoms with Crippen molar-refractivity contribution in [3.8, 4) is 0 Å². The standard InChI is InChI=1S/C9H16N4O2S/c1-5-10-13-8(15)12(6(2)3)7(14)11-9(13,4)16/h5-6,16H,1-4H3,(H,11,14). The van der Waals surface area contributed by atoms with Gasteiger partial charge in [-0.15, -0.1) is 12.6 Å². The molecule has 7 heteroatoms. The Morgan fingerprint density at radius 3 is 2.50 bits per heavy atom. The largest absolute Gasteiger partial charge is 0.351 e. The van der Waals surface area contributed by atoms with Crippen LogP contribution in [0, 0.1) is 0 Å². The van der Waals surface area contributed by atoms with Gasteiger partial charge in [-0.1, -0.05) is 0 Å². The van der Waals surface area contributed by atoms with Gasteiger partial charge in [-0.3, -0.25) is 0 Å². The van der Waals surface area contributed by atoms with Gasteiger partial charge in [0.1, 0.15) is 0 Å². The highest BCUT2D eigenvalue weighted by atomic mass is 32.1. The SMILES string of the molecule is CC=NN1C(=O)N(C(C)C)C(=O)NC1(C)S. The van der Waals surface area contributed by atoms with Crippen LogP contribution in [0.25, 0.3) is 0 Å². The van der Waals surface area contributed by atoms with Gasteiger partial charge < -0.3 is 5.32 Å². The molecule has 1 unspecified atom stereocenters. The summed E-state index contributed by atoms with van der Waals surface area (Å²) < 4.78 is 0. The van der Waals surface area contributed by atoms with Crippen LogP contribution < -0.4 is 5.32 Å². The van der Waals surface area contributed by atoms with Crippen molar-refractivity contribution in [3.05, 3.63) is 0 Å². The van der Waals surface area contributed by atoms with E-state index in [0.29, 0.717) is 0 Å². The summed E-state index contributed by atoms with van der Waals surface area (Å²) in [5.74, 6) is 0. The highest BCUT2D eigenvalue weighted by Gasteiger charge is 2.45. The van der Waals surface area contributed by atoms with Gasteiger partial charge in [-0.25, -0.2) is 14.5 Å². The number of hydrogen-bond acceptors (Lipinski definition) is 4. The molecule has 1 saturated heterocycles. The number of hydrogen-bond donors (Lipinski definition) is 2. The van der Waals surface area contributed by atoms with Crippen molar-refractivity contribution >= 4 is 30.9 Å². The Labute approximate surface area is 100 Å². The van der Waals surface area contributed by atoms with E-state index in [9.17, 15) is 9.59 Å². The third-order valence-electron chi connectivity index (χ3n) is 2.11. The number of urea groups is 2. The molecule has 1 N–H and O–H groups in total. The Morgan fingerprint density at radius 1 is 1.50 bits per heavy atom. The Hall–Kier alpha value is -1.24. The molecule has 0 aromatic rings. The van der Waals surface area contributed by atoms with Crippen molar-refractivity contribution < 1.29 is 9.59 Å². The highest BCUT2D eigenvalue weighted by Crippen LogP contribution is 2.24. The van der Waals surface area contributed by atoms with Crippen LogP contribution >= 0.6 is 12.6 Å². The average Bonchev–Trinajstić information content (AvgIpc) is 2.10. The van der Waals surface area contributed by atoms with Crippen molar-refractivity contribution in [2.75, 3.05) is 0 Å². The third kappa shape index (κ3) is 2.13. The fourth-order valence-electron chi connectivity index (χ4n) is 1.42. The number of imide groups is 1. The fraction of sp³-hybridized carbons (Fsp3) is 0.667. The van der Waals surface area contributed by atoms with Gasteiger partial charge in [0.25, 0.3) is 0 Å². The Bertz CT molecular complexity index is 340. The third-order valence-corrected chi connectivity index (χ3v) is 2.41. The molecule has 1 aliphatic heterocycles. The molecule has 0 spiro atoms. The summed E-state index contributed by atoms with van der Waals surface area (Å²) in [5.41, 5.74) is 0. The minimum absolute atomic E-state index is 0.230. The highest BCUT2D eigenvalue weighted by molar-refractivity contribution is 7.81. The molecule has 4 amide bonds. The predicted octanol–water partition coefficient (Wildman–Crippen LogP) is 1.45. The van der Waals surface area contributed by atoms with Crippen molar-refractivity contribution in [2.45, 2.75) is 38.7 Å². The predicted molar refractivity (Wildman–Crippen MR) is 64.3 cm³/mol. The molecule has 90 valence electrons. The smallest absolute Gasteiger partial charge is 0.305 e. The summed E-state index contributed by atoms with van der Waals surface area (Å²) in [6.07, 6.45) is 1.47. The Morgan fingerprint density at radius 2 is 2.06 bits per heavy atom. The quantitative estimate of drug-likeness (QED) is 0.570. The lowest BCUT2D eigenvalue weighted by Gasteiger charge is -2.43. The van der Waals surface area contributed by atoms with Crippen LogP contribution in [0.3, 0.4) is 0 Å². The molecular formula is C9H16N4O2S. The lowest BCUT2D eigenvalue weighted by Crippen LogP contribution is -2.68. The first-order chi connectivity index (χ1) is 7.31. The van der Waals surface area contributed by atoms with Crippen LogP contribution in [-0.2, 0) is 0 Å². The zero-order valence-corrected chi connectivity index (χ0v) is 10.7. The van der Waals surface area contributed by atoms with Crippen LogP contribution in [-0.4, -0.2) is 39.2 Å². The second-order valence-corrected chi connectivity index (χ2v) is 4.75. The lowest BCUT2D eigenvalue weighted by atomic mass is 10.3. The second kappa shape index (κ2) is 4.32. The molecule has 1 atom stereocenters. The zero-order chi connectivity index (χ0) is 12.5. The van der Waals surface area contributed by atoms with Gasteiger partial charge in [0.2, 0.25) is 0 Å². The minimum Gasteiger partial charge on any atom is -0.305 e. The normalized spacial score (nSPS) is 26.9. The average molecular weight is 244 g/mol. The number of rotatable bonds is 2. The number of hydrazone groups is 1. The molecule has 0 bridgehead atoms. The Balaban J connectivity index is 3.08. The minimum atomic E-state index is -1.11. The van der Waals surface area contributed by atoms with Crippen molar-refractivity contribution in [3.63, 3.8) is 0 Å². The van der Waals surface area contributed by atoms with Gasteiger partial charge in [0.15, 0.2) is 4.99 Å². The lowest BCUT2D eigenvalue weighted by molar-refractivity contribution is 0.0900. The monoisotopic (exact) mass is 244 g/mol. The molecule has 1 aliphatic rings. The summed E-state index contributed by atoms with van der Waals surface area (Å²) in [6.45, 7) is 6.79. The zero-order valence-electron chi connectivity index (χ0n) is 9.76. The van der Waals surface area contributed by atoms with E-state index in [-0.39, 0.29) is 6.04 Å². The van der Waals surface area contributed by atoms with E-state index in [1.54, 1.807) is 27.7 Å². The first-order valence-electron chi connectivity index (χ1n) is 4.97. The van der Waals surface area contributed by atoms with Crippen LogP contribution in [0.2, 0.25) is 0 Å². The van der Waals surface area contributed by atoms with E-state index >= 15 is 0 Å². The first kappa shape index (κ1) is 12.8. The van der Waals surface area contributed by atoms with E-state index in [0.717, 1.165) is 9.91 Å². The molecular weight excluding hydrogens is 228 g/mol. The van der Waals surface area contributed by atoms with Crippen LogP contribution in [0.15, 0.2) is 5.10 Å². The van der Waals surface area contributed by atoms with E-state index in [1.165, 1.54) is 6.21 Å². The molecule has 6 nitrogen and oxygen atoms in total. The molecule has 0 saturated carbocycles. The van der Waals surface area contributed by atoms with Gasteiger partial charge in [-0.05, 0) is 27.7 Å². The topological polar surface area (TPSA) is 65.0 Å². The van der Waals surface area contributed by atoms with Crippen molar-refractivity contribution in [1.29, 1.82) is 0 Å². The van der Waals surface area contributed by atoms with E-state index in [2.05, 4.69) is 23.0 Å². The summed E-state index contributed by atoms with van der Waals surface area (Å²) in [6, 6.07) is -1.17.